The van der Waals surface area contributed by atoms with E-state index in [9.17, 15) is 14.7 Å². The molecule has 2 rings (SSSR count). The first-order valence-corrected chi connectivity index (χ1v) is 7.35. The molecule has 1 aliphatic carbocycles. The number of nitrogens with zero attached hydrogens (tertiary/aromatic N) is 1. The van der Waals surface area contributed by atoms with Gasteiger partial charge in [-0.15, -0.1) is 0 Å². The summed E-state index contributed by atoms with van der Waals surface area (Å²) in [6, 6.07) is 10.3. The van der Waals surface area contributed by atoms with Crippen LogP contribution in [0.4, 0.5) is 0 Å². The molecule has 0 amide bonds. The maximum absolute atomic E-state index is 10.8. The summed E-state index contributed by atoms with van der Waals surface area (Å²) >= 11 is 0. The van der Waals surface area contributed by atoms with E-state index in [1.54, 1.807) is 0 Å². The number of likely N-dealkylation sites (N-methyl/N-ethyl adjacent to an activating group) is 1. The molecule has 1 aromatic rings. The van der Waals surface area contributed by atoms with Crippen LogP contribution in [0.15, 0.2) is 42.5 Å². The van der Waals surface area contributed by atoms with Crippen LogP contribution < -0.4 is 0 Å². The maximum Gasteiger partial charge on any atom is 0.328 e. The molecule has 1 unspecified atom stereocenters. The van der Waals surface area contributed by atoms with Crippen LogP contribution in [0.1, 0.15) is 24.8 Å². The lowest BCUT2D eigenvalue weighted by Gasteiger charge is -2.35. The molecule has 0 radical (unpaired) electrons. The van der Waals surface area contributed by atoms with Gasteiger partial charge in [0, 0.05) is 18.2 Å². The van der Waals surface area contributed by atoms with E-state index in [0.717, 1.165) is 24.8 Å². The largest absolute Gasteiger partial charge is 0.478 e. The van der Waals surface area contributed by atoms with Gasteiger partial charge in [-0.25, -0.2) is 9.59 Å². The number of carboxylic acids is 2. The number of aliphatic carboxylic acids is 2. The molecule has 0 aromatic heterocycles. The Bertz CT molecular complexity index is 539. The number of carboxylic acid groups (broad SMARTS) is 2. The number of hydrogen-bond donors (Lipinski definition) is 3. The van der Waals surface area contributed by atoms with Crippen molar-refractivity contribution >= 4 is 11.9 Å². The molecule has 1 aromatic carbocycles. The van der Waals surface area contributed by atoms with Crippen LogP contribution in [0, 0.1) is 0 Å². The van der Waals surface area contributed by atoms with Crippen LogP contribution >= 0.6 is 0 Å². The molecule has 2 atom stereocenters. The summed E-state index contributed by atoms with van der Waals surface area (Å²) < 4.78 is 0. The highest BCUT2D eigenvalue weighted by atomic mass is 16.4. The Morgan fingerprint density at radius 1 is 1.13 bits per heavy atom. The van der Waals surface area contributed by atoms with Crippen LogP contribution in [-0.4, -0.2) is 52.3 Å². The lowest BCUT2D eigenvalue weighted by Crippen LogP contribution is -2.43. The van der Waals surface area contributed by atoms with Gasteiger partial charge in [0.25, 0.3) is 0 Å². The topological polar surface area (TPSA) is 98.1 Å². The molecule has 0 bridgehead atoms. The second-order valence-electron chi connectivity index (χ2n) is 5.67. The molecule has 23 heavy (non-hydrogen) atoms. The van der Waals surface area contributed by atoms with Crippen molar-refractivity contribution < 1.29 is 24.9 Å². The quantitative estimate of drug-likeness (QED) is 0.730. The number of aliphatic hydroxyl groups is 1. The van der Waals surface area contributed by atoms with Crippen LogP contribution in [-0.2, 0) is 15.2 Å². The van der Waals surface area contributed by atoms with E-state index in [1.807, 2.05) is 44.4 Å². The summed E-state index contributed by atoms with van der Waals surface area (Å²) in [6.45, 7) is 0. The summed E-state index contributed by atoms with van der Waals surface area (Å²) in [5.41, 5.74) is 0.409. The van der Waals surface area contributed by atoms with E-state index in [-0.39, 0.29) is 6.04 Å². The van der Waals surface area contributed by atoms with Gasteiger partial charge in [0.1, 0.15) is 5.60 Å². The fraction of sp³-hybridized carbons (Fsp3) is 0.412. The van der Waals surface area contributed by atoms with Crippen molar-refractivity contribution in [2.45, 2.75) is 30.9 Å². The van der Waals surface area contributed by atoms with E-state index < -0.39 is 17.5 Å². The van der Waals surface area contributed by atoms with Crippen LogP contribution in [0.2, 0.25) is 0 Å². The van der Waals surface area contributed by atoms with Gasteiger partial charge in [-0.2, -0.15) is 0 Å². The van der Waals surface area contributed by atoms with Crippen molar-refractivity contribution in [3.63, 3.8) is 0 Å². The molecule has 6 nitrogen and oxygen atoms in total. The predicted octanol–water partition coefficient (Wildman–Crippen LogP) is 1.70. The average molecular weight is 321 g/mol. The monoisotopic (exact) mass is 321 g/mol. The SMILES string of the molecule is CN(C)[C@@H]1CCCC1(O)c1ccccc1.O=C(O)/C=C/C(=O)O. The minimum absolute atomic E-state index is 0.250. The summed E-state index contributed by atoms with van der Waals surface area (Å²) in [4.78, 5) is 21.2. The minimum Gasteiger partial charge on any atom is -0.478 e. The van der Waals surface area contributed by atoms with Crippen molar-refractivity contribution in [1.29, 1.82) is 0 Å². The molecule has 0 aliphatic heterocycles. The van der Waals surface area contributed by atoms with Gasteiger partial charge in [-0.1, -0.05) is 30.3 Å². The van der Waals surface area contributed by atoms with Crippen molar-refractivity contribution in [1.82, 2.24) is 4.90 Å². The third-order valence-corrected chi connectivity index (χ3v) is 3.85. The van der Waals surface area contributed by atoms with E-state index in [4.69, 9.17) is 10.2 Å². The fourth-order valence-electron chi connectivity index (χ4n) is 2.86. The number of carbonyl (C=O) groups is 2. The van der Waals surface area contributed by atoms with Crippen LogP contribution in [0.25, 0.3) is 0 Å². The molecule has 1 fully saturated rings. The van der Waals surface area contributed by atoms with Crippen molar-refractivity contribution in [3.8, 4) is 0 Å². The molecule has 0 saturated heterocycles. The van der Waals surface area contributed by atoms with Gasteiger partial charge in [-0.3, -0.25) is 0 Å². The molecule has 0 spiro atoms. The van der Waals surface area contributed by atoms with E-state index in [0.29, 0.717) is 12.2 Å². The van der Waals surface area contributed by atoms with Gasteiger partial charge in [0.15, 0.2) is 0 Å². The third kappa shape index (κ3) is 5.50. The standard InChI is InChI=1S/C13H19NO.C4H4O4/c1-14(2)12-9-6-10-13(12,15)11-7-4-3-5-8-11;5-3(6)1-2-4(7)8/h3-5,7-8,12,15H,6,9-10H2,1-2H3;1-2H,(H,5,6)(H,7,8)/b;2-1+/t12-,13?;/m1./s1. The molecule has 3 N–H and O–H groups in total. The Hall–Kier alpha value is -2.18. The fourth-order valence-corrected chi connectivity index (χ4v) is 2.86. The van der Waals surface area contributed by atoms with Gasteiger partial charge < -0.3 is 20.2 Å². The van der Waals surface area contributed by atoms with Gasteiger partial charge in [0.2, 0.25) is 0 Å². The zero-order chi connectivity index (χ0) is 17.5. The second-order valence-corrected chi connectivity index (χ2v) is 5.67. The molecular formula is C17H23NO5. The van der Waals surface area contributed by atoms with Crippen LogP contribution in [0.5, 0.6) is 0 Å². The summed E-state index contributed by atoms with van der Waals surface area (Å²) in [7, 11) is 4.09. The van der Waals surface area contributed by atoms with E-state index in [2.05, 4.69) is 4.90 Å². The molecule has 1 saturated carbocycles. The molecule has 6 heteroatoms. The van der Waals surface area contributed by atoms with E-state index >= 15 is 0 Å². The first kappa shape index (κ1) is 18.9. The van der Waals surface area contributed by atoms with Crippen molar-refractivity contribution in [3.05, 3.63) is 48.0 Å². The number of rotatable bonds is 4. The first-order chi connectivity index (χ1) is 10.8. The van der Waals surface area contributed by atoms with E-state index in [1.165, 1.54) is 0 Å². The Morgan fingerprint density at radius 2 is 1.65 bits per heavy atom. The molecule has 0 heterocycles. The first-order valence-electron chi connectivity index (χ1n) is 7.35. The van der Waals surface area contributed by atoms with Gasteiger partial charge in [0.05, 0.1) is 0 Å². The van der Waals surface area contributed by atoms with Gasteiger partial charge >= 0.3 is 11.9 Å². The normalized spacial score (nSPS) is 23.6. The maximum atomic E-state index is 10.8. The highest BCUT2D eigenvalue weighted by molar-refractivity contribution is 5.89. The lowest BCUT2D eigenvalue weighted by molar-refractivity contribution is -0.134. The Morgan fingerprint density at radius 3 is 2.09 bits per heavy atom. The van der Waals surface area contributed by atoms with Crippen molar-refractivity contribution in [2.24, 2.45) is 0 Å². The van der Waals surface area contributed by atoms with Gasteiger partial charge in [-0.05, 0) is 38.9 Å². The predicted molar refractivity (Wildman–Crippen MR) is 86.1 cm³/mol. The molecule has 1 aliphatic rings. The van der Waals surface area contributed by atoms with Crippen molar-refractivity contribution in [2.75, 3.05) is 14.1 Å². The highest BCUT2D eigenvalue weighted by Gasteiger charge is 2.43. The summed E-state index contributed by atoms with van der Waals surface area (Å²) in [5, 5.41) is 26.4. The zero-order valence-electron chi connectivity index (χ0n) is 13.3. The Balaban J connectivity index is 0.000000284. The van der Waals surface area contributed by atoms with Crippen LogP contribution in [0.3, 0.4) is 0 Å². The Labute approximate surface area is 135 Å². The summed E-state index contributed by atoms with van der Waals surface area (Å²) in [5.74, 6) is -2.51. The second kappa shape index (κ2) is 8.45. The Kier molecular flexibility index (Phi) is 6.93. The molecule has 126 valence electrons. The lowest BCUT2D eigenvalue weighted by atomic mass is 9.88. The highest BCUT2D eigenvalue weighted by Crippen LogP contribution is 2.40. The molecular weight excluding hydrogens is 298 g/mol. The third-order valence-electron chi connectivity index (χ3n) is 3.85. The number of benzene rings is 1. The minimum atomic E-state index is -1.26. The number of hydrogen-bond acceptors (Lipinski definition) is 4. The summed E-state index contributed by atoms with van der Waals surface area (Å²) in [6.07, 6.45) is 4.18. The smallest absolute Gasteiger partial charge is 0.328 e. The average Bonchev–Trinajstić information content (AvgIpc) is 2.90. The zero-order valence-corrected chi connectivity index (χ0v) is 13.3.